The molecule has 0 saturated carbocycles. The lowest BCUT2D eigenvalue weighted by Gasteiger charge is -2.12. The molecule has 0 unspecified atom stereocenters. The molecule has 2 rings (SSSR count). The summed E-state index contributed by atoms with van der Waals surface area (Å²) in [4.78, 5) is 11.0. The summed E-state index contributed by atoms with van der Waals surface area (Å²) in [5.41, 5.74) is 5.41. The normalized spacial score (nSPS) is 11.2. The standard InChI is InChI=1S/C15H15FN2O3S2/c16-11-5-1-4-8-14(11)23(20,21)18-12-6-2-3-7-13(12)22-10-9-15(17)19/h1-8,18H,9-10H2,(H2,17,19). The molecule has 0 heterocycles. The number of benzene rings is 2. The predicted octanol–water partition coefficient (Wildman–Crippen LogP) is 2.59. The monoisotopic (exact) mass is 354 g/mol. The number of sulfonamides is 1. The molecule has 122 valence electrons. The Hall–Kier alpha value is -2.06. The van der Waals surface area contributed by atoms with Crippen LogP contribution in [-0.4, -0.2) is 20.1 Å². The van der Waals surface area contributed by atoms with E-state index in [4.69, 9.17) is 5.73 Å². The zero-order valence-corrected chi connectivity index (χ0v) is 13.7. The van der Waals surface area contributed by atoms with Gasteiger partial charge in [0.25, 0.3) is 10.0 Å². The molecule has 2 aromatic carbocycles. The van der Waals surface area contributed by atoms with Crippen molar-refractivity contribution in [3.63, 3.8) is 0 Å². The van der Waals surface area contributed by atoms with Gasteiger partial charge in [-0.25, -0.2) is 12.8 Å². The van der Waals surface area contributed by atoms with E-state index in [0.717, 1.165) is 6.07 Å². The van der Waals surface area contributed by atoms with Gasteiger partial charge in [-0.1, -0.05) is 24.3 Å². The maximum atomic E-state index is 13.7. The van der Waals surface area contributed by atoms with Gasteiger partial charge >= 0.3 is 0 Å². The molecule has 0 spiro atoms. The van der Waals surface area contributed by atoms with Crippen LogP contribution in [0.3, 0.4) is 0 Å². The minimum Gasteiger partial charge on any atom is -0.370 e. The van der Waals surface area contributed by atoms with E-state index in [1.165, 1.54) is 30.0 Å². The van der Waals surface area contributed by atoms with Crippen LogP contribution in [0.4, 0.5) is 10.1 Å². The number of carbonyl (C=O) groups excluding carboxylic acids is 1. The van der Waals surface area contributed by atoms with Gasteiger partial charge in [0.15, 0.2) is 0 Å². The van der Waals surface area contributed by atoms with Gasteiger partial charge < -0.3 is 5.73 Å². The van der Waals surface area contributed by atoms with Crippen molar-refractivity contribution in [2.45, 2.75) is 16.2 Å². The first kappa shape index (κ1) is 17.3. The largest absolute Gasteiger partial charge is 0.370 e. The van der Waals surface area contributed by atoms with Gasteiger partial charge in [-0.15, -0.1) is 11.8 Å². The van der Waals surface area contributed by atoms with E-state index in [1.807, 2.05) is 0 Å². The molecule has 0 aliphatic carbocycles. The third-order valence-corrected chi connectivity index (χ3v) is 5.34. The van der Waals surface area contributed by atoms with Gasteiger partial charge in [-0.05, 0) is 24.3 Å². The number of nitrogens with two attached hydrogens (primary N) is 1. The summed E-state index contributed by atoms with van der Waals surface area (Å²) in [6.07, 6.45) is 0.180. The fourth-order valence-electron chi connectivity index (χ4n) is 1.80. The summed E-state index contributed by atoms with van der Waals surface area (Å²) in [6, 6.07) is 11.8. The highest BCUT2D eigenvalue weighted by Crippen LogP contribution is 2.29. The summed E-state index contributed by atoms with van der Waals surface area (Å²) in [7, 11) is -4.04. The summed E-state index contributed by atoms with van der Waals surface area (Å²) >= 11 is 1.29. The Morgan fingerprint density at radius 3 is 2.48 bits per heavy atom. The van der Waals surface area contributed by atoms with Gasteiger partial charge in [0.05, 0.1) is 5.69 Å². The van der Waals surface area contributed by atoms with Gasteiger partial charge in [-0.3, -0.25) is 9.52 Å². The Bertz CT molecular complexity index is 810. The summed E-state index contributed by atoms with van der Waals surface area (Å²) in [5, 5.41) is 0. The molecule has 0 saturated heterocycles. The van der Waals surface area contributed by atoms with Crippen molar-refractivity contribution in [2.75, 3.05) is 10.5 Å². The molecule has 8 heteroatoms. The number of hydrogen-bond donors (Lipinski definition) is 2. The topological polar surface area (TPSA) is 89.3 Å². The molecule has 0 radical (unpaired) electrons. The van der Waals surface area contributed by atoms with E-state index in [0.29, 0.717) is 16.3 Å². The Balaban J connectivity index is 2.23. The van der Waals surface area contributed by atoms with Crippen LogP contribution in [0.15, 0.2) is 58.3 Å². The lowest BCUT2D eigenvalue weighted by Crippen LogP contribution is -2.15. The number of amides is 1. The van der Waals surface area contributed by atoms with Crippen LogP contribution >= 0.6 is 11.8 Å². The van der Waals surface area contributed by atoms with Crippen molar-refractivity contribution in [1.29, 1.82) is 0 Å². The molecule has 5 nitrogen and oxygen atoms in total. The van der Waals surface area contributed by atoms with Crippen LogP contribution in [-0.2, 0) is 14.8 Å². The summed E-state index contributed by atoms with van der Waals surface area (Å²) in [5.74, 6) is -0.825. The third kappa shape index (κ3) is 4.70. The van der Waals surface area contributed by atoms with Crippen molar-refractivity contribution in [3.05, 3.63) is 54.3 Å². The number of rotatable bonds is 7. The molecule has 0 atom stereocenters. The number of hydrogen-bond acceptors (Lipinski definition) is 4. The lowest BCUT2D eigenvalue weighted by atomic mass is 10.3. The number of anilines is 1. The van der Waals surface area contributed by atoms with E-state index < -0.39 is 26.6 Å². The lowest BCUT2D eigenvalue weighted by molar-refractivity contribution is -0.117. The summed E-state index contributed by atoms with van der Waals surface area (Å²) < 4.78 is 40.7. The van der Waals surface area contributed by atoms with Crippen LogP contribution in [0, 0.1) is 5.82 Å². The van der Waals surface area contributed by atoms with Crippen molar-refractivity contribution in [3.8, 4) is 0 Å². The molecule has 1 amide bonds. The minimum atomic E-state index is -4.04. The Kier molecular flexibility index (Phi) is 5.62. The smallest absolute Gasteiger partial charge is 0.264 e. The van der Waals surface area contributed by atoms with Gasteiger partial charge in [0, 0.05) is 17.1 Å². The molecule has 0 aromatic heterocycles. The van der Waals surface area contributed by atoms with Gasteiger partial charge in [0.2, 0.25) is 5.91 Å². The van der Waals surface area contributed by atoms with E-state index in [-0.39, 0.29) is 6.42 Å². The molecular formula is C15H15FN2O3S2. The fraction of sp³-hybridized carbons (Fsp3) is 0.133. The molecule has 0 aliphatic heterocycles. The number of carbonyl (C=O) groups is 1. The second-order valence-electron chi connectivity index (χ2n) is 4.60. The molecule has 23 heavy (non-hydrogen) atoms. The van der Waals surface area contributed by atoms with E-state index in [9.17, 15) is 17.6 Å². The number of thioether (sulfide) groups is 1. The second-order valence-corrected chi connectivity index (χ2v) is 7.38. The van der Waals surface area contributed by atoms with E-state index in [2.05, 4.69) is 4.72 Å². The van der Waals surface area contributed by atoms with Crippen molar-refractivity contribution >= 4 is 33.4 Å². The van der Waals surface area contributed by atoms with Crippen molar-refractivity contribution < 1.29 is 17.6 Å². The maximum Gasteiger partial charge on any atom is 0.264 e. The number of para-hydroxylation sites is 1. The number of halogens is 1. The molecular weight excluding hydrogens is 339 g/mol. The third-order valence-electron chi connectivity index (χ3n) is 2.86. The highest BCUT2D eigenvalue weighted by atomic mass is 32.2. The molecule has 0 aliphatic rings. The maximum absolute atomic E-state index is 13.7. The quantitative estimate of drug-likeness (QED) is 0.748. The van der Waals surface area contributed by atoms with Crippen molar-refractivity contribution in [1.82, 2.24) is 0 Å². The molecule has 0 bridgehead atoms. The van der Waals surface area contributed by atoms with Crippen LogP contribution in [0.1, 0.15) is 6.42 Å². The average molecular weight is 354 g/mol. The van der Waals surface area contributed by atoms with E-state index >= 15 is 0 Å². The number of nitrogens with one attached hydrogen (secondary N) is 1. The van der Waals surface area contributed by atoms with Crippen LogP contribution < -0.4 is 10.5 Å². The van der Waals surface area contributed by atoms with Crippen LogP contribution in [0.2, 0.25) is 0 Å². The second kappa shape index (κ2) is 7.47. The Labute approximate surface area is 138 Å². The Morgan fingerprint density at radius 2 is 1.78 bits per heavy atom. The molecule has 2 aromatic rings. The highest BCUT2D eigenvalue weighted by Gasteiger charge is 2.19. The fourth-order valence-corrected chi connectivity index (χ4v) is 4.00. The van der Waals surface area contributed by atoms with Crippen LogP contribution in [0.25, 0.3) is 0 Å². The van der Waals surface area contributed by atoms with Gasteiger partial charge in [0.1, 0.15) is 10.7 Å². The minimum absolute atomic E-state index is 0.180. The van der Waals surface area contributed by atoms with Crippen LogP contribution in [0.5, 0.6) is 0 Å². The SMILES string of the molecule is NC(=O)CCSc1ccccc1NS(=O)(=O)c1ccccc1F. The first-order valence-corrected chi connectivity index (χ1v) is 9.14. The zero-order valence-electron chi connectivity index (χ0n) is 12.0. The first-order valence-electron chi connectivity index (χ1n) is 6.67. The molecule has 3 N–H and O–H groups in total. The van der Waals surface area contributed by atoms with Crippen molar-refractivity contribution in [2.24, 2.45) is 5.73 Å². The molecule has 0 fully saturated rings. The Morgan fingerprint density at radius 1 is 1.13 bits per heavy atom. The predicted molar refractivity (Wildman–Crippen MR) is 88.2 cm³/mol. The van der Waals surface area contributed by atoms with E-state index in [1.54, 1.807) is 24.3 Å². The average Bonchev–Trinajstić information content (AvgIpc) is 2.48. The summed E-state index contributed by atoms with van der Waals surface area (Å²) in [6.45, 7) is 0. The number of primary amides is 1. The highest BCUT2D eigenvalue weighted by molar-refractivity contribution is 7.99. The zero-order chi connectivity index (χ0) is 16.9. The first-order chi connectivity index (χ1) is 10.9. The van der Waals surface area contributed by atoms with Gasteiger partial charge in [-0.2, -0.15) is 0 Å².